The van der Waals surface area contributed by atoms with E-state index >= 15 is 0 Å². The molecule has 4 aromatic rings. The number of aromatic amines is 1. The van der Waals surface area contributed by atoms with Gasteiger partial charge in [-0.05, 0) is 29.3 Å². The van der Waals surface area contributed by atoms with Gasteiger partial charge in [-0.1, -0.05) is 41.9 Å². The number of carbonyl (C=O) groups is 2. The fraction of sp³-hybridized carbons (Fsp3) is 0.269. The predicted molar refractivity (Wildman–Crippen MR) is 135 cm³/mol. The lowest BCUT2D eigenvalue weighted by Gasteiger charge is -2.34. The van der Waals surface area contributed by atoms with Gasteiger partial charge < -0.3 is 14.8 Å². The maximum atomic E-state index is 12.8. The van der Waals surface area contributed by atoms with Gasteiger partial charge in [0.1, 0.15) is 0 Å². The number of piperazine rings is 1. The monoisotopic (exact) mass is 492 g/mol. The Labute approximate surface area is 207 Å². The van der Waals surface area contributed by atoms with E-state index in [1.54, 1.807) is 11.3 Å². The summed E-state index contributed by atoms with van der Waals surface area (Å²) in [6, 6.07) is 15.8. The second-order valence-electron chi connectivity index (χ2n) is 8.51. The molecule has 2 aromatic carbocycles. The average molecular weight is 493 g/mol. The number of para-hydroxylation sites is 1. The summed E-state index contributed by atoms with van der Waals surface area (Å²) in [4.78, 5) is 37.2. The SMILES string of the molecule is O=C(Cc1csc(Cc2cccc(Cl)c2)n1)N1CCN(C(=O)Cc2c[nH]c3ccccc23)CC1. The van der Waals surface area contributed by atoms with Gasteiger partial charge in [0.2, 0.25) is 11.8 Å². The molecule has 0 spiro atoms. The molecule has 1 N–H and O–H groups in total. The Balaban J connectivity index is 1.12. The molecule has 6 nitrogen and oxygen atoms in total. The lowest BCUT2D eigenvalue weighted by atomic mass is 10.1. The van der Waals surface area contributed by atoms with Crippen LogP contribution in [0.5, 0.6) is 0 Å². The van der Waals surface area contributed by atoms with Gasteiger partial charge in [-0.15, -0.1) is 11.3 Å². The number of carbonyl (C=O) groups excluding carboxylic acids is 2. The molecule has 2 aromatic heterocycles. The van der Waals surface area contributed by atoms with Crippen LogP contribution in [-0.2, 0) is 28.9 Å². The van der Waals surface area contributed by atoms with E-state index in [-0.39, 0.29) is 18.2 Å². The molecule has 1 aliphatic rings. The fourth-order valence-electron chi connectivity index (χ4n) is 4.36. The Morgan fingerprint density at radius 2 is 1.71 bits per heavy atom. The first-order valence-corrected chi connectivity index (χ1v) is 12.6. The van der Waals surface area contributed by atoms with Crippen LogP contribution in [0.4, 0.5) is 0 Å². The topological polar surface area (TPSA) is 69.3 Å². The minimum absolute atomic E-state index is 0.0586. The minimum atomic E-state index is 0.0586. The number of fused-ring (bicyclic) bond motifs is 1. The van der Waals surface area contributed by atoms with E-state index in [1.807, 2.05) is 69.9 Å². The quantitative estimate of drug-likeness (QED) is 0.435. The third kappa shape index (κ3) is 5.16. The highest BCUT2D eigenvalue weighted by Gasteiger charge is 2.25. The van der Waals surface area contributed by atoms with Gasteiger partial charge in [0.25, 0.3) is 0 Å². The highest BCUT2D eigenvalue weighted by Crippen LogP contribution is 2.20. The zero-order valence-corrected chi connectivity index (χ0v) is 20.2. The molecule has 1 fully saturated rings. The Hall–Kier alpha value is -3.16. The van der Waals surface area contributed by atoms with Crippen LogP contribution < -0.4 is 0 Å². The number of nitrogens with one attached hydrogen (secondary N) is 1. The summed E-state index contributed by atoms with van der Waals surface area (Å²) in [5.41, 5.74) is 3.95. The van der Waals surface area contributed by atoms with Crippen LogP contribution in [0.3, 0.4) is 0 Å². The molecule has 5 rings (SSSR count). The second-order valence-corrected chi connectivity index (χ2v) is 9.89. The van der Waals surface area contributed by atoms with Crippen LogP contribution in [0.2, 0.25) is 5.02 Å². The van der Waals surface area contributed by atoms with Gasteiger partial charge in [0.15, 0.2) is 0 Å². The van der Waals surface area contributed by atoms with E-state index < -0.39 is 0 Å². The molecule has 0 bridgehead atoms. The third-order valence-corrected chi connectivity index (χ3v) is 7.31. The summed E-state index contributed by atoms with van der Waals surface area (Å²) >= 11 is 7.63. The number of benzene rings is 2. The molecule has 1 saturated heterocycles. The molecular formula is C26H25ClN4O2S. The van der Waals surface area contributed by atoms with Gasteiger partial charge in [0.05, 0.1) is 23.5 Å². The first-order valence-electron chi connectivity index (χ1n) is 11.3. The van der Waals surface area contributed by atoms with Gasteiger partial charge in [-0.3, -0.25) is 9.59 Å². The number of thiazole rings is 1. The smallest absolute Gasteiger partial charge is 0.228 e. The maximum absolute atomic E-state index is 12.8. The number of hydrogen-bond acceptors (Lipinski definition) is 4. The van der Waals surface area contributed by atoms with Gasteiger partial charge in [0, 0.05) is 60.1 Å². The van der Waals surface area contributed by atoms with Gasteiger partial charge >= 0.3 is 0 Å². The zero-order valence-electron chi connectivity index (χ0n) is 18.7. The molecule has 2 amide bonds. The number of H-pyrrole nitrogens is 1. The normalized spacial score (nSPS) is 14.0. The summed E-state index contributed by atoms with van der Waals surface area (Å²) in [6.45, 7) is 2.23. The molecular weight excluding hydrogens is 468 g/mol. The lowest BCUT2D eigenvalue weighted by Crippen LogP contribution is -2.51. The third-order valence-electron chi connectivity index (χ3n) is 6.18. The van der Waals surface area contributed by atoms with Crippen molar-refractivity contribution in [3.63, 3.8) is 0 Å². The summed E-state index contributed by atoms with van der Waals surface area (Å²) in [6.07, 6.45) is 3.27. The van der Waals surface area contributed by atoms with Gasteiger partial charge in [-0.2, -0.15) is 0 Å². The number of nitrogens with zero attached hydrogens (tertiary/aromatic N) is 3. The maximum Gasteiger partial charge on any atom is 0.228 e. The van der Waals surface area contributed by atoms with Crippen LogP contribution in [0.15, 0.2) is 60.1 Å². The van der Waals surface area contributed by atoms with Crippen LogP contribution in [0.25, 0.3) is 10.9 Å². The van der Waals surface area contributed by atoms with Crippen molar-refractivity contribution >= 4 is 45.7 Å². The Bertz CT molecular complexity index is 1320. The largest absolute Gasteiger partial charge is 0.361 e. The number of amides is 2. The molecule has 0 aliphatic carbocycles. The van der Waals surface area contributed by atoms with E-state index in [1.165, 1.54) is 0 Å². The van der Waals surface area contributed by atoms with E-state index in [9.17, 15) is 9.59 Å². The molecule has 0 radical (unpaired) electrons. The Morgan fingerprint density at radius 1 is 0.971 bits per heavy atom. The van der Waals surface area contributed by atoms with Crippen molar-refractivity contribution in [3.05, 3.63) is 87.0 Å². The molecule has 0 saturated carbocycles. The Kier molecular flexibility index (Phi) is 6.65. The van der Waals surface area contributed by atoms with Crippen molar-refractivity contribution < 1.29 is 9.59 Å². The van der Waals surface area contributed by atoms with Crippen molar-refractivity contribution in [2.45, 2.75) is 19.3 Å². The Morgan fingerprint density at radius 3 is 2.47 bits per heavy atom. The number of halogens is 1. The molecule has 1 aliphatic heterocycles. The van der Waals surface area contributed by atoms with Crippen LogP contribution in [0, 0.1) is 0 Å². The first-order chi connectivity index (χ1) is 16.5. The number of rotatable bonds is 6. The van der Waals surface area contributed by atoms with E-state index in [4.69, 9.17) is 11.6 Å². The van der Waals surface area contributed by atoms with Gasteiger partial charge in [-0.25, -0.2) is 4.98 Å². The summed E-state index contributed by atoms with van der Waals surface area (Å²) in [5, 5.41) is 4.72. The first kappa shape index (κ1) is 22.6. The molecule has 8 heteroatoms. The van der Waals surface area contributed by atoms with Crippen molar-refractivity contribution in [3.8, 4) is 0 Å². The average Bonchev–Trinajstić information content (AvgIpc) is 3.46. The highest BCUT2D eigenvalue weighted by molar-refractivity contribution is 7.09. The zero-order chi connectivity index (χ0) is 23.5. The lowest BCUT2D eigenvalue weighted by molar-refractivity contribution is -0.138. The molecule has 0 atom stereocenters. The number of hydrogen-bond donors (Lipinski definition) is 1. The van der Waals surface area contributed by atoms with E-state index in [0.29, 0.717) is 44.0 Å². The van der Waals surface area contributed by atoms with Crippen LogP contribution in [-0.4, -0.2) is 57.8 Å². The molecule has 0 unspecified atom stereocenters. The standard InChI is InChI=1S/C26H25ClN4O2S/c27-20-5-3-4-18(12-20)13-24-29-21(17-34-24)15-26(33)31-10-8-30(9-11-31)25(32)14-19-16-28-23-7-2-1-6-22(19)23/h1-7,12,16-17,28H,8-11,13-15H2. The van der Waals surface area contributed by atoms with Crippen molar-refractivity contribution in [1.82, 2.24) is 19.8 Å². The number of aromatic nitrogens is 2. The predicted octanol–water partition coefficient (Wildman–Crippen LogP) is 4.32. The van der Waals surface area contributed by atoms with Crippen molar-refractivity contribution in [2.24, 2.45) is 0 Å². The van der Waals surface area contributed by atoms with Crippen molar-refractivity contribution in [2.75, 3.05) is 26.2 Å². The molecule has 174 valence electrons. The summed E-state index contributed by atoms with van der Waals surface area (Å²) in [5.74, 6) is 0.158. The highest BCUT2D eigenvalue weighted by atomic mass is 35.5. The molecule has 34 heavy (non-hydrogen) atoms. The van der Waals surface area contributed by atoms with Crippen molar-refractivity contribution in [1.29, 1.82) is 0 Å². The molecule has 3 heterocycles. The van der Waals surface area contributed by atoms with E-state index in [2.05, 4.69) is 9.97 Å². The summed E-state index contributed by atoms with van der Waals surface area (Å²) < 4.78 is 0. The van der Waals surface area contributed by atoms with Crippen LogP contribution in [0.1, 0.15) is 21.8 Å². The van der Waals surface area contributed by atoms with E-state index in [0.717, 1.165) is 32.7 Å². The fourth-order valence-corrected chi connectivity index (χ4v) is 5.40. The van der Waals surface area contributed by atoms with Crippen LogP contribution >= 0.6 is 22.9 Å². The second kappa shape index (κ2) is 9.99. The summed E-state index contributed by atoms with van der Waals surface area (Å²) in [7, 11) is 0. The minimum Gasteiger partial charge on any atom is -0.361 e.